The molecule has 2 rings (SSSR count). The van der Waals surface area contributed by atoms with Crippen molar-refractivity contribution in [2.75, 3.05) is 6.54 Å². The van der Waals surface area contributed by atoms with Crippen molar-refractivity contribution in [2.24, 2.45) is 5.92 Å². The van der Waals surface area contributed by atoms with Crippen LogP contribution < -0.4 is 10.9 Å². The average molecular weight is 270 g/mol. The van der Waals surface area contributed by atoms with Crippen molar-refractivity contribution in [1.29, 1.82) is 0 Å². The Labute approximate surface area is 110 Å². The molecule has 0 aliphatic heterocycles. The molecule has 1 aliphatic rings. The zero-order valence-electron chi connectivity index (χ0n) is 9.99. The van der Waals surface area contributed by atoms with Crippen LogP contribution in [0.15, 0.2) is 16.9 Å². The molecule has 18 heavy (non-hydrogen) atoms. The minimum absolute atomic E-state index is 0.229. The summed E-state index contributed by atoms with van der Waals surface area (Å²) >= 11 is 6.10. The van der Waals surface area contributed by atoms with E-state index in [1.807, 2.05) is 0 Å². The quantitative estimate of drug-likeness (QED) is 0.812. The summed E-state index contributed by atoms with van der Waals surface area (Å²) in [5.74, 6) is 0.177. The number of amides is 1. The Hall–Kier alpha value is -1.36. The smallest absolute Gasteiger partial charge is 0.271 e. The number of aromatic nitrogens is 2. The molecule has 1 saturated carbocycles. The predicted molar refractivity (Wildman–Crippen MR) is 68.8 cm³/mol. The monoisotopic (exact) mass is 269 g/mol. The van der Waals surface area contributed by atoms with Crippen LogP contribution in [-0.2, 0) is 0 Å². The molecule has 1 fully saturated rings. The van der Waals surface area contributed by atoms with Crippen LogP contribution in [0.1, 0.15) is 36.2 Å². The van der Waals surface area contributed by atoms with Crippen LogP contribution in [0.3, 0.4) is 0 Å². The number of alkyl halides is 1. The van der Waals surface area contributed by atoms with E-state index in [1.54, 1.807) is 0 Å². The Bertz CT molecular complexity index is 454. The summed E-state index contributed by atoms with van der Waals surface area (Å²) in [7, 11) is 0. The first-order valence-corrected chi connectivity index (χ1v) is 6.57. The highest BCUT2D eigenvalue weighted by Crippen LogP contribution is 2.27. The fourth-order valence-electron chi connectivity index (χ4n) is 2.21. The Kier molecular flexibility index (Phi) is 4.36. The average Bonchev–Trinajstić information content (AvgIpc) is 2.37. The topological polar surface area (TPSA) is 74.8 Å². The minimum Gasteiger partial charge on any atom is -0.350 e. The second-order valence-electron chi connectivity index (χ2n) is 4.65. The van der Waals surface area contributed by atoms with Gasteiger partial charge in [0.15, 0.2) is 0 Å². The number of nitrogens with zero attached hydrogens (tertiary/aromatic N) is 1. The number of aromatic amines is 1. The van der Waals surface area contributed by atoms with Crippen LogP contribution in [0.4, 0.5) is 0 Å². The molecule has 2 atom stereocenters. The lowest BCUT2D eigenvalue weighted by Crippen LogP contribution is -2.33. The van der Waals surface area contributed by atoms with Crippen molar-refractivity contribution >= 4 is 17.5 Å². The van der Waals surface area contributed by atoms with Gasteiger partial charge in [-0.3, -0.25) is 9.59 Å². The molecular formula is C12H16ClN3O2. The molecule has 1 aliphatic carbocycles. The molecule has 1 aromatic heterocycles. The van der Waals surface area contributed by atoms with Crippen molar-refractivity contribution in [3.63, 3.8) is 0 Å². The summed E-state index contributed by atoms with van der Waals surface area (Å²) < 4.78 is 0. The molecule has 0 spiro atoms. The fourth-order valence-corrected chi connectivity index (χ4v) is 2.62. The molecule has 2 N–H and O–H groups in total. The number of carbonyl (C=O) groups excluding carboxylic acids is 1. The predicted octanol–water partition coefficient (Wildman–Crippen LogP) is 1.30. The van der Waals surface area contributed by atoms with Crippen LogP contribution in [0.25, 0.3) is 0 Å². The van der Waals surface area contributed by atoms with Gasteiger partial charge in [-0.1, -0.05) is 6.42 Å². The summed E-state index contributed by atoms with van der Waals surface area (Å²) in [4.78, 5) is 22.6. The highest BCUT2D eigenvalue weighted by molar-refractivity contribution is 6.20. The second kappa shape index (κ2) is 6.00. The number of hydrogen-bond acceptors (Lipinski definition) is 3. The number of halogens is 1. The number of rotatable bonds is 3. The van der Waals surface area contributed by atoms with E-state index in [0.29, 0.717) is 12.5 Å². The van der Waals surface area contributed by atoms with Crippen LogP contribution >= 0.6 is 11.6 Å². The van der Waals surface area contributed by atoms with E-state index in [1.165, 1.54) is 12.1 Å². The van der Waals surface area contributed by atoms with Crippen molar-refractivity contribution < 1.29 is 4.79 Å². The van der Waals surface area contributed by atoms with Crippen LogP contribution in [-0.4, -0.2) is 28.0 Å². The van der Waals surface area contributed by atoms with Gasteiger partial charge in [0.2, 0.25) is 0 Å². The van der Waals surface area contributed by atoms with Crippen LogP contribution in [0, 0.1) is 5.92 Å². The Morgan fingerprint density at radius 2 is 2.33 bits per heavy atom. The Balaban J connectivity index is 1.84. The van der Waals surface area contributed by atoms with E-state index in [4.69, 9.17) is 11.6 Å². The highest BCUT2D eigenvalue weighted by atomic mass is 35.5. The third kappa shape index (κ3) is 3.57. The normalized spacial score (nSPS) is 23.6. The molecular weight excluding hydrogens is 254 g/mol. The SMILES string of the molecule is O=C(NCC1CCCC(Cl)C1)c1ccc(=O)[nH]n1. The first-order chi connectivity index (χ1) is 8.65. The van der Waals surface area contributed by atoms with Crippen LogP contribution in [0.2, 0.25) is 0 Å². The molecule has 1 heterocycles. The summed E-state index contributed by atoms with van der Waals surface area (Å²) in [5, 5.41) is 8.97. The Morgan fingerprint density at radius 3 is 3.00 bits per heavy atom. The third-order valence-corrected chi connectivity index (χ3v) is 3.58. The van der Waals surface area contributed by atoms with Gasteiger partial charge in [0.1, 0.15) is 5.69 Å². The van der Waals surface area contributed by atoms with Gasteiger partial charge in [-0.15, -0.1) is 11.6 Å². The maximum Gasteiger partial charge on any atom is 0.271 e. The van der Waals surface area contributed by atoms with E-state index in [0.717, 1.165) is 25.7 Å². The molecule has 1 aromatic rings. The number of H-pyrrole nitrogens is 1. The molecule has 6 heteroatoms. The van der Waals surface area contributed by atoms with Crippen LogP contribution in [0.5, 0.6) is 0 Å². The summed E-state index contributed by atoms with van der Waals surface area (Å²) in [6.07, 6.45) is 4.22. The maximum atomic E-state index is 11.8. The summed E-state index contributed by atoms with van der Waals surface area (Å²) in [6, 6.07) is 2.71. The second-order valence-corrected chi connectivity index (χ2v) is 5.26. The summed E-state index contributed by atoms with van der Waals surface area (Å²) in [6.45, 7) is 0.614. The van der Waals surface area contributed by atoms with Gasteiger partial charge < -0.3 is 5.32 Å². The summed E-state index contributed by atoms with van der Waals surface area (Å²) in [5.41, 5.74) is -0.0864. The zero-order chi connectivity index (χ0) is 13.0. The van der Waals surface area contributed by atoms with E-state index >= 15 is 0 Å². The van der Waals surface area contributed by atoms with E-state index in [9.17, 15) is 9.59 Å². The van der Waals surface area contributed by atoms with E-state index in [2.05, 4.69) is 15.5 Å². The van der Waals surface area contributed by atoms with Gasteiger partial charge in [-0.05, 0) is 31.2 Å². The van der Waals surface area contributed by atoms with Gasteiger partial charge in [0, 0.05) is 18.0 Å². The molecule has 1 amide bonds. The Morgan fingerprint density at radius 1 is 1.50 bits per heavy atom. The number of hydrogen-bond donors (Lipinski definition) is 2. The van der Waals surface area contributed by atoms with Gasteiger partial charge >= 0.3 is 0 Å². The van der Waals surface area contributed by atoms with E-state index in [-0.39, 0.29) is 22.5 Å². The molecule has 0 radical (unpaired) electrons. The van der Waals surface area contributed by atoms with Gasteiger partial charge in [-0.25, -0.2) is 5.10 Å². The minimum atomic E-state index is -0.316. The maximum absolute atomic E-state index is 11.8. The van der Waals surface area contributed by atoms with Crippen molar-refractivity contribution in [2.45, 2.75) is 31.1 Å². The zero-order valence-corrected chi connectivity index (χ0v) is 10.7. The number of nitrogens with one attached hydrogen (secondary N) is 2. The lowest BCUT2D eigenvalue weighted by atomic mass is 9.89. The standard InChI is InChI=1S/C12H16ClN3O2/c13-9-3-1-2-8(6-9)7-14-12(18)10-4-5-11(17)16-15-10/h4-5,8-9H,1-3,6-7H2,(H,14,18)(H,16,17). The molecule has 0 bridgehead atoms. The third-order valence-electron chi connectivity index (χ3n) is 3.18. The number of carbonyl (C=O) groups is 1. The molecule has 5 nitrogen and oxygen atoms in total. The molecule has 98 valence electrons. The first kappa shape index (κ1) is 13.1. The largest absolute Gasteiger partial charge is 0.350 e. The van der Waals surface area contributed by atoms with Crippen molar-refractivity contribution in [3.05, 3.63) is 28.2 Å². The molecule has 2 unspecified atom stereocenters. The molecule has 0 saturated heterocycles. The molecule has 0 aromatic carbocycles. The first-order valence-electron chi connectivity index (χ1n) is 6.13. The van der Waals surface area contributed by atoms with Gasteiger partial charge in [-0.2, -0.15) is 5.10 Å². The van der Waals surface area contributed by atoms with Gasteiger partial charge in [0.05, 0.1) is 0 Å². The lowest BCUT2D eigenvalue weighted by molar-refractivity contribution is 0.0937. The van der Waals surface area contributed by atoms with Crippen molar-refractivity contribution in [1.82, 2.24) is 15.5 Å². The fraction of sp³-hybridized carbons (Fsp3) is 0.583. The highest BCUT2D eigenvalue weighted by Gasteiger charge is 2.20. The van der Waals surface area contributed by atoms with E-state index < -0.39 is 0 Å². The lowest BCUT2D eigenvalue weighted by Gasteiger charge is -2.25. The van der Waals surface area contributed by atoms with Gasteiger partial charge in [0.25, 0.3) is 11.5 Å². The van der Waals surface area contributed by atoms with Crippen molar-refractivity contribution in [3.8, 4) is 0 Å².